The Bertz CT molecular complexity index is 401. The van der Waals surface area contributed by atoms with Gasteiger partial charge in [0, 0.05) is 19.0 Å². The third kappa shape index (κ3) is 5.82. The van der Waals surface area contributed by atoms with E-state index in [-0.39, 0.29) is 12.3 Å². The molecule has 0 aromatic carbocycles. The Kier molecular flexibility index (Phi) is 5.48. The van der Waals surface area contributed by atoms with Crippen molar-refractivity contribution in [3.05, 3.63) is 0 Å². The Balaban J connectivity index is 2.63. The summed E-state index contributed by atoms with van der Waals surface area (Å²) in [5, 5.41) is 10.9. The molecule has 1 heterocycles. The maximum Gasteiger partial charge on any atom is 0.408 e. The van der Waals surface area contributed by atoms with E-state index in [4.69, 9.17) is 5.26 Å². The van der Waals surface area contributed by atoms with Crippen molar-refractivity contribution in [3.63, 3.8) is 0 Å². The van der Waals surface area contributed by atoms with Gasteiger partial charge >= 0.3 is 12.2 Å². The molecule has 0 radical (unpaired) electrons. The van der Waals surface area contributed by atoms with Gasteiger partial charge in [0.25, 0.3) is 0 Å². The third-order valence-corrected chi connectivity index (χ3v) is 3.47. The number of nitrogens with zero attached hydrogens (tertiary/aromatic N) is 2. The first-order valence-corrected chi connectivity index (χ1v) is 7.05. The van der Waals surface area contributed by atoms with Gasteiger partial charge in [-0.05, 0) is 24.7 Å². The quantitative estimate of drug-likeness (QED) is 0.851. The molecule has 0 spiro atoms. The normalized spacial score (nSPS) is 19.0. The van der Waals surface area contributed by atoms with E-state index in [1.807, 2.05) is 0 Å². The van der Waals surface area contributed by atoms with Crippen LogP contribution in [0.3, 0.4) is 0 Å². The summed E-state index contributed by atoms with van der Waals surface area (Å²) < 4.78 is 39.1. The van der Waals surface area contributed by atoms with Crippen molar-refractivity contribution in [2.24, 2.45) is 11.3 Å². The highest BCUT2D eigenvalue weighted by Crippen LogP contribution is 2.30. The standard InChI is InChI=1S/C14H22F3N3O/c1-13(2,3)8-11(14(15,16)17)19-12(21)20-6-4-10(9-18)5-7-20/h10-11H,4-8H2,1-3H3,(H,19,21). The molecule has 1 aliphatic heterocycles. The lowest BCUT2D eigenvalue weighted by atomic mass is 9.88. The highest BCUT2D eigenvalue weighted by atomic mass is 19.4. The van der Waals surface area contributed by atoms with Gasteiger partial charge < -0.3 is 10.2 Å². The number of nitrogens with one attached hydrogen (secondary N) is 1. The smallest absolute Gasteiger partial charge is 0.326 e. The van der Waals surface area contributed by atoms with Crippen molar-refractivity contribution in [1.29, 1.82) is 5.26 Å². The maximum absolute atomic E-state index is 13.0. The van der Waals surface area contributed by atoms with Crippen LogP contribution in [0.2, 0.25) is 0 Å². The molecule has 0 aliphatic carbocycles. The van der Waals surface area contributed by atoms with Crippen molar-refractivity contribution in [2.75, 3.05) is 13.1 Å². The van der Waals surface area contributed by atoms with Crippen LogP contribution in [0.5, 0.6) is 0 Å². The fraction of sp³-hybridized carbons (Fsp3) is 0.857. The van der Waals surface area contributed by atoms with Crippen molar-refractivity contribution >= 4 is 6.03 Å². The first-order valence-electron chi connectivity index (χ1n) is 7.05. The molecule has 0 bridgehead atoms. The predicted octanol–water partition coefficient (Wildman–Crippen LogP) is 3.30. The third-order valence-electron chi connectivity index (χ3n) is 3.47. The summed E-state index contributed by atoms with van der Waals surface area (Å²) in [5.74, 6) is -0.109. The fourth-order valence-electron chi connectivity index (χ4n) is 2.31. The first kappa shape index (κ1) is 17.6. The van der Waals surface area contributed by atoms with E-state index in [9.17, 15) is 18.0 Å². The zero-order valence-electron chi connectivity index (χ0n) is 12.6. The lowest BCUT2D eigenvalue weighted by Gasteiger charge is -2.33. The van der Waals surface area contributed by atoms with Gasteiger partial charge in [0.1, 0.15) is 6.04 Å². The van der Waals surface area contributed by atoms with E-state index in [2.05, 4.69) is 11.4 Å². The molecule has 1 unspecified atom stereocenters. The number of nitriles is 1. The molecule has 1 N–H and O–H groups in total. The summed E-state index contributed by atoms with van der Waals surface area (Å²) in [6, 6.07) is -0.424. The molecule has 21 heavy (non-hydrogen) atoms. The van der Waals surface area contributed by atoms with E-state index in [1.165, 1.54) is 4.90 Å². The second-order valence-corrected chi connectivity index (χ2v) is 6.70. The molecular weight excluding hydrogens is 283 g/mol. The highest BCUT2D eigenvalue weighted by molar-refractivity contribution is 5.74. The molecule has 120 valence electrons. The van der Waals surface area contributed by atoms with Crippen LogP contribution >= 0.6 is 0 Å². The lowest BCUT2D eigenvalue weighted by molar-refractivity contribution is -0.159. The number of amides is 2. The molecule has 0 aromatic rings. The van der Waals surface area contributed by atoms with Gasteiger partial charge in [0.2, 0.25) is 0 Å². The number of urea groups is 1. The van der Waals surface area contributed by atoms with Gasteiger partial charge in [-0.1, -0.05) is 20.8 Å². The second-order valence-electron chi connectivity index (χ2n) is 6.70. The van der Waals surface area contributed by atoms with Gasteiger partial charge in [0.05, 0.1) is 6.07 Å². The zero-order valence-corrected chi connectivity index (χ0v) is 12.6. The Labute approximate surface area is 123 Å². The van der Waals surface area contributed by atoms with E-state index in [0.29, 0.717) is 25.9 Å². The van der Waals surface area contributed by atoms with Crippen LogP contribution < -0.4 is 5.32 Å². The number of carbonyl (C=O) groups is 1. The average molecular weight is 305 g/mol. The zero-order chi connectivity index (χ0) is 16.3. The Morgan fingerprint density at radius 3 is 2.24 bits per heavy atom. The van der Waals surface area contributed by atoms with E-state index in [1.54, 1.807) is 20.8 Å². The molecule has 7 heteroatoms. The van der Waals surface area contributed by atoms with Crippen molar-refractivity contribution in [2.45, 2.75) is 52.3 Å². The van der Waals surface area contributed by atoms with Gasteiger partial charge in [-0.25, -0.2) is 4.79 Å². The van der Waals surface area contributed by atoms with Crippen LogP contribution in [0.15, 0.2) is 0 Å². The van der Waals surface area contributed by atoms with Crippen LogP contribution in [-0.4, -0.2) is 36.2 Å². The van der Waals surface area contributed by atoms with Crippen molar-refractivity contribution < 1.29 is 18.0 Å². The van der Waals surface area contributed by atoms with Gasteiger partial charge in [-0.3, -0.25) is 0 Å². The molecule has 1 fully saturated rings. The topological polar surface area (TPSA) is 56.1 Å². The number of carbonyl (C=O) groups excluding carboxylic acids is 1. The summed E-state index contributed by atoms with van der Waals surface area (Å²) in [6.07, 6.45) is -3.61. The minimum atomic E-state index is -4.46. The molecule has 0 saturated carbocycles. The Morgan fingerprint density at radius 1 is 1.33 bits per heavy atom. The van der Waals surface area contributed by atoms with Crippen LogP contribution in [-0.2, 0) is 0 Å². The molecule has 1 aliphatic rings. The SMILES string of the molecule is CC(C)(C)CC(NC(=O)N1CCC(C#N)CC1)C(F)(F)F. The van der Waals surface area contributed by atoms with Crippen LogP contribution in [0.4, 0.5) is 18.0 Å². The summed E-state index contributed by atoms with van der Waals surface area (Å²) >= 11 is 0. The van der Waals surface area contributed by atoms with Crippen molar-refractivity contribution in [3.8, 4) is 6.07 Å². The number of rotatable bonds is 2. The maximum atomic E-state index is 13.0. The minimum absolute atomic E-state index is 0.109. The van der Waals surface area contributed by atoms with Crippen LogP contribution in [0.25, 0.3) is 0 Å². The van der Waals surface area contributed by atoms with Gasteiger partial charge in [-0.2, -0.15) is 18.4 Å². The number of halogens is 3. The number of alkyl halides is 3. The lowest BCUT2D eigenvalue weighted by Crippen LogP contribution is -2.53. The largest absolute Gasteiger partial charge is 0.408 e. The highest BCUT2D eigenvalue weighted by Gasteiger charge is 2.43. The molecule has 1 rings (SSSR count). The summed E-state index contributed by atoms with van der Waals surface area (Å²) in [6.45, 7) is 5.76. The monoisotopic (exact) mass is 305 g/mol. The molecule has 2 amide bonds. The van der Waals surface area contributed by atoms with E-state index in [0.717, 1.165) is 0 Å². The second kappa shape index (κ2) is 6.54. The van der Waals surface area contributed by atoms with Crippen LogP contribution in [0, 0.1) is 22.7 Å². The fourth-order valence-corrected chi connectivity index (χ4v) is 2.31. The number of hydrogen-bond acceptors (Lipinski definition) is 2. The van der Waals surface area contributed by atoms with E-state index < -0.39 is 23.7 Å². The Hall–Kier alpha value is -1.45. The van der Waals surface area contributed by atoms with Crippen molar-refractivity contribution in [1.82, 2.24) is 10.2 Å². The predicted molar refractivity (Wildman–Crippen MR) is 72.4 cm³/mol. The van der Waals surface area contributed by atoms with E-state index >= 15 is 0 Å². The minimum Gasteiger partial charge on any atom is -0.326 e. The first-order chi connectivity index (χ1) is 9.53. The number of hydrogen-bond donors (Lipinski definition) is 1. The van der Waals surface area contributed by atoms with Crippen LogP contribution in [0.1, 0.15) is 40.0 Å². The molecule has 4 nitrogen and oxygen atoms in total. The summed E-state index contributed by atoms with van der Waals surface area (Å²) in [7, 11) is 0. The molecule has 1 atom stereocenters. The molecule has 0 aromatic heterocycles. The summed E-state index contributed by atoms with van der Waals surface area (Å²) in [4.78, 5) is 13.3. The Morgan fingerprint density at radius 2 is 1.86 bits per heavy atom. The molecular formula is C14H22F3N3O. The average Bonchev–Trinajstić information content (AvgIpc) is 2.35. The number of likely N-dealkylation sites (tertiary alicyclic amines) is 1. The summed E-state index contributed by atoms with van der Waals surface area (Å²) in [5.41, 5.74) is -0.540. The van der Waals surface area contributed by atoms with Gasteiger partial charge in [-0.15, -0.1) is 0 Å². The number of piperidine rings is 1. The van der Waals surface area contributed by atoms with Gasteiger partial charge in [0.15, 0.2) is 0 Å². The molecule has 1 saturated heterocycles.